The number of aryl methyl sites for hydroxylation is 1. The molecule has 186 valence electrons. The van der Waals surface area contributed by atoms with Crippen molar-refractivity contribution in [2.45, 2.75) is 13.3 Å². The number of amides is 1. The fourth-order valence-corrected chi connectivity index (χ4v) is 4.34. The van der Waals surface area contributed by atoms with E-state index < -0.39 is 0 Å². The van der Waals surface area contributed by atoms with Gasteiger partial charge in [0.2, 0.25) is 0 Å². The van der Waals surface area contributed by atoms with E-state index in [9.17, 15) is 4.79 Å². The number of H-pyrrole nitrogens is 1. The highest BCUT2D eigenvalue weighted by Gasteiger charge is 2.20. The number of methoxy groups -OCH3 is 2. The van der Waals surface area contributed by atoms with Gasteiger partial charge in [-0.1, -0.05) is 66.2 Å². The molecule has 7 nitrogen and oxygen atoms in total. The second kappa shape index (κ2) is 10.5. The van der Waals surface area contributed by atoms with Gasteiger partial charge in [0.15, 0.2) is 17.1 Å². The Morgan fingerprint density at radius 1 is 0.892 bits per heavy atom. The number of aromatic amines is 1. The third-order valence-electron chi connectivity index (χ3n) is 6.33. The van der Waals surface area contributed by atoms with Crippen LogP contribution in [0.3, 0.4) is 0 Å². The van der Waals surface area contributed by atoms with E-state index in [4.69, 9.17) is 14.5 Å². The van der Waals surface area contributed by atoms with Crippen molar-refractivity contribution in [3.05, 3.63) is 95.6 Å². The van der Waals surface area contributed by atoms with Crippen LogP contribution in [0.1, 0.15) is 21.5 Å². The molecule has 37 heavy (non-hydrogen) atoms. The van der Waals surface area contributed by atoms with Crippen molar-refractivity contribution in [2.24, 2.45) is 0 Å². The highest BCUT2D eigenvalue weighted by Crippen LogP contribution is 2.32. The van der Waals surface area contributed by atoms with Crippen molar-refractivity contribution < 1.29 is 14.3 Å². The van der Waals surface area contributed by atoms with E-state index in [1.165, 1.54) is 0 Å². The second-order valence-corrected chi connectivity index (χ2v) is 8.78. The van der Waals surface area contributed by atoms with Crippen LogP contribution in [0.25, 0.3) is 33.5 Å². The number of hydrogen-bond donors (Lipinski definition) is 2. The van der Waals surface area contributed by atoms with Crippen LogP contribution in [-0.4, -0.2) is 41.9 Å². The first-order valence-corrected chi connectivity index (χ1v) is 12.1. The zero-order valence-electron chi connectivity index (χ0n) is 21.0. The minimum Gasteiger partial charge on any atom is -0.493 e. The molecule has 0 aliphatic carbocycles. The lowest BCUT2D eigenvalue weighted by Gasteiger charge is -2.11. The number of pyridine rings is 1. The maximum absolute atomic E-state index is 13.6. The van der Waals surface area contributed by atoms with Gasteiger partial charge in [0.05, 0.1) is 36.6 Å². The first-order valence-electron chi connectivity index (χ1n) is 12.1. The molecule has 5 rings (SSSR count). The predicted molar refractivity (Wildman–Crippen MR) is 145 cm³/mol. The van der Waals surface area contributed by atoms with Crippen molar-refractivity contribution in [3.63, 3.8) is 0 Å². The molecule has 1 amide bonds. The van der Waals surface area contributed by atoms with Crippen molar-refractivity contribution in [1.29, 1.82) is 0 Å². The lowest BCUT2D eigenvalue weighted by atomic mass is 10.0. The number of nitrogens with one attached hydrogen (secondary N) is 2. The number of fused-ring (bicyclic) bond motifs is 1. The summed E-state index contributed by atoms with van der Waals surface area (Å²) in [6, 6.07) is 25.5. The fourth-order valence-electron chi connectivity index (χ4n) is 4.34. The van der Waals surface area contributed by atoms with Crippen LogP contribution in [0, 0.1) is 6.92 Å². The van der Waals surface area contributed by atoms with E-state index in [0.29, 0.717) is 46.8 Å². The van der Waals surface area contributed by atoms with Crippen molar-refractivity contribution in [1.82, 2.24) is 20.5 Å². The molecule has 0 saturated carbocycles. The number of hydrogen-bond acceptors (Lipinski definition) is 5. The van der Waals surface area contributed by atoms with Gasteiger partial charge in [-0.15, -0.1) is 0 Å². The molecule has 0 unspecified atom stereocenters. The highest BCUT2D eigenvalue weighted by atomic mass is 16.5. The Hall–Kier alpha value is -4.65. The summed E-state index contributed by atoms with van der Waals surface area (Å²) in [5, 5.41) is 11.3. The van der Waals surface area contributed by atoms with Gasteiger partial charge in [0, 0.05) is 17.7 Å². The summed E-state index contributed by atoms with van der Waals surface area (Å²) in [7, 11) is 3.22. The van der Waals surface area contributed by atoms with Gasteiger partial charge < -0.3 is 14.8 Å². The second-order valence-electron chi connectivity index (χ2n) is 8.78. The first kappa shape index (κ1) is 24.1. The Labute approximate surface area is 215 Å². The molecular weight excluding hydrogens is 464 g/mol. The monoisotopic (exact) mass is 492 g/mol. The summed E-state index contributed by atoms with van der Waals surface area (Å²) in [6.45, 7) is 2.49. The van der Waals surface area contributed by atoms with Gasteiger partial charge in [-0.2, -0.15) is 5.10 Å². The first-order chi connectivity index (χ1) is 18.1. The summed E-state index contributed by atoms with van der Waals surface area (Å²) in [5.41, 5.74) is 6.55. The van der Waals surface area contributed by atoms with Crippen LogP contribution in [0.15, 0.2) is 78.9 Å². The molecule has 5 aromatic rings. The van der Waals surface area contributed by atoms with Crippen molar-refractivity contribution in [2.75, 3.05) is 20.8 Å². The van der Waals surface area contributed by atoms with Crippen LogP contribution < -0.4 is 14.8 Å². The van der Waals surface area contributed by atoms with Gasteiger partial charge in [0.1, 0.15) is 0 Å². The molecular formula is C30H28N4O3. The number of ether oxygens (including phenoxy) is 2. The molecule has 0 bridgehead atoms. The Bertz CT molecular complexity index is 1540. The topological polar surface area (TPSA) is 89.1 Å². The summed E-state index contributed by atoms with van der Waals surface area (Å²) < 4.78 is 10.7. The number of nitrogens with zero attached hydrogens (tertiary/aromatic N) is 2. The smallest absolute Gasteiger partial charge is 0.252 e. The number of benzene rings is 3. The molecule has 2 aromatic heterocycles. The third-order valence-corrected chi connectivity index (χ3v) is 6.33. The minimum absolute atomic E-state index is 0.181. The third kappa shape index (κ3) is 5.02. The van der Waals surface area contributed by atoms with E-state index in [0.717, 1.165) is 27.9 Å². The van der Waals surface area contributed by atoms with Crippen LogP contribution in [0.5, 0.6) is 11.5 Å². The van der Waals surface area contributed by atoms with Crippen LogP contribution in [0.2, 0.25) is 0 Å². The Kier molecular flexibility index (Phi) is 6.85. The molecule has 7 heteroatoms. The van der Waals surface area contributed by atoms with E-state index in [-0.39, 0.29) is 5.91 Å². The molecule has 0 radical (unpaired) electrons. The standard InChI is InChI=1S/C30H28N4O3/c1-19-9-12-21(13-10-19)24-18-23(27-28(33-34-29(27)32-24)22-7-5-4-6-8-22)30(35)31-16-15-20-11-14-25(36-2)26(17-20)37-3/h4-14,17-18H,15-16H2,1-3H3,(H,31,35)(H,32,33,34). The molecule has 0 fully saturated rings. The lowest BCUT2D eigenvalue weighted by molar-refractivity contribution is 0.0955. The molecule has 0 spiro atoms. The van der Waals surface area contributed by atoms with Gasteiger partial charge >= 0.3 is 0 Å². The fraction of sp³-hybridized carbons (Fsp3) is 0.167. The molecule has 2 N–H and O–H groups in total. The minimum atomic E-state index is -0.181. The van der Waals surface area contributed by atoms with Crippen LogP contribution in [0.4, 0.5) is 0 Å². The van der Waals surface area contributed by atoms with E-state index in [2.05, 4.69) is 15.5 Å². The number of rotatable bonds is 8. The number of aromatic nitrogens is 3. The van der Waals surface area contributed by atoms with E-state index in [1.807, 2.05) is 85.8 Å². The van der Waals surface area contributed by atoms with Gasteiger partial charge in [-0.05, 0) is 37.1 Å². The number of carbonyl (C=O) groups is 1. The van der Waals surface area contributed by atoms with Gasteiger partial charge in [-0.3, -0.25) is 9.89 Å². The average Bonchev–Trinajstić information content (AvgIpc) is 3.37. The normalized spacial score (nSPS) is 10.9. The van der Waals surface area contributed by atoms with Crippen molar-refractivity contribution in [3.8, 4) is 34.0 Å². The Morgan fingerprint density at radius 2 is 1.65 bits per heavy atom. The molecule has 0 saturated heterocycles. The Balaban J connectivity index is 1.48. The average molecular weight is 493 g/mol. The highest BCUT2D eigenvalue weighted by molar-refractivity contribution is 6.11. The van der Waals surface area contributed by atoms with E-state index in [1.54, 1.807) is 14.2 Å². The maximum atomic E-state index is 13.6. The van der Waals surface area contributed by atoms with Crippen molar-refractivity contribution >= 4 is 16.9 Å². The molecule has 2 heterocycles. The molecule has 0 aliphatic heterocycles. The molecule has 3 aromatic carbocycles. The molecule has 0 atom stereocenters. The summed E-state index contributed by atoms with van der Waals surface area (Å²) in [4.78, 5) is 18.3. The summed E-state index contributed by atoms with van der Waals surface area (Å²) in [6.07, 6.45) is 0.641. The lowest BCUT2D eigenvalue weighted by Crippen LogP contribution is -2.26. The number of carbonyl (C=O) groups excluding carboxylic acids is 1. The zero-order chi connectivity index (χ0) is 25.8. The maximum Gasteiger partial charge on any atom is 0.252 e. The van der Waals surface area contributed by atoms with Crippen LogP contribution >= 0.6 is 0 Å². The Morgan fingerprint density at radius 3 is 2.38 bits per heavy atom. The van der Waals surface area contributed by atoms with Gasteiger partial charge in [0.25, 0.3) is 5.91 Å². The molecule has 0 aliphatic rings. The quantitative estimate of drug-likeness (QED) is 0.295. The van der Waals surface area contributed by atoms with Crippen LogP contribution in [-0.2, 0) is 6.42 Å². The van der Waals surface area contributed by atoms with Gasteiger partial charge in [-0.25, -0.2) is 4.98 Å². The summed E-state index contributed by atoms with van der Waals surface area (Å²) >= 11 is 0. The zero-order valence-corrected chi connectivity index (χ0v) is 21.0. The largest absolute Gasteiger partial charge is 0.493 e. The SMILES string of the molecule is COc1ccc(CCNC(=O)c2cc(-c3ccc(C)cc3)nc3n[nH]c(-c4ccccc4)c23)cc1OC. The summed E-state index contributed by atoms with van der Waals surface area (Å²) in [5.74, 6) is 1.15. The predicted octanol–water partition coefficient (Wildman–Crippen LogP) is 5.59. The van der Waals surface area contributed by atoms with E-state index >= 15 is 0 Å².